The first-order valence-corrected chi connectivity index (χ1v) is 14.3. The summed E-state index contributed by atoms with van der Waals surface area (Å²) in [6, 6.07) is 50.1. The van der Waals surface area contributed by atoms with Crippen molar-refractivity contribution >= 4 is 33.1 Å². The quantitative estimate of drug-likeness (QED) is 0.200. The monoisotopic (exact) mass is 542 g/mol. The second-order valence-corrected chi connectivity index (χ2v) is 11.4. The van der Waals surface area contributed by atoms with Crippen molar-refractivity contribution in [2.24, 2.45) is 0 Å². The molecule has 192 valence electrons. The van der Waals surface area contributed by atoms with E-state index in [4.69, 9.17) is 16.3 Å². The van der Waals surface area contributed by atoms with Gasteiger partial charge in [0.15, 0.2) is 0 Å². The second-order valence-electron chi connectivity index (χ2n) is 11.0. The zero-order valence-corrected chi connectivity index (χ0v) is 22.8. The molecule has 7 aromatic carbocycles. The third-order valence-corrected chi connectivity index (χ3v) is 9.25. The van der Waals surface area contributed by atoms with Crippen molar-refractivity contribution in [1.29, 1.82) is 0 Å². The maximum absolute atomic E-state index is 7.01. The van der Waals surface area contributed by atoms with Gasteiger partial charge in [-0.05, 0) is 62.4 Å². The van der Waals surface area contributed by atoms with E-state index in [1.807, 2.05) is 12.1 Å². The second kappa shape index (κ2) is 8.33. The Morgan fingerprint density at radius 2 is 0.976 bits per heavy atom. The molecule has 1 heterocycles. The van der Waals surface area contributed by atoms with Gasteiger partial charge in [0, 0.05) is 26.9 Å². The summed E-state index contributed by atoms with van der Waals surface area (Å²) < 4.78 is 7.01. The van der Waals surface area contributed by atoms with Crippen molar-refractivity contribution < 1.29 is 4.74 Å². The van der Waals surface area contributed by atoms with Crippen LogP contribution in [0.25, 0.3) is 43.8 Å². The molecule has 0 amide bonds. The SMILES string of the molecule is Clc1ccc(-c2ccc3c(c2)-c2ccccc2C32c3ccc4ccccc4c3Oc3c2ccc2ccccc32)cc1. The van der Waals surface area contributed by atoms with E-state index < -0.39 is 5.41 Å². The van der Waals surface area contributed by atoms with Crippen molar-refractivity contribution in [3.8, 4) is 33.8 Å². The maximum Gasteiger partial charge on any atom is 0.140 e. The lowest BCUT2D eigenvalue weighted by atomic mass is 9.65. The van der Waals surface area contributed by atoms with Gasteiger partial charge in [0.25, 0.3) is 0 Å². The average Bonchev–Trinajstić information content (AvgIpc) is 3.31. The maximum atomic E-state index is 7.01. The van der Waals surface area contributed by atoms with Crippen LogP contribution in [0.3, 0.4) is 0 Å². The minimum Gasteiger partial charge on any atom is -0.455 e. The van der Waals surface area contributed by atoms with Crippen LogP contribution in [-0.2, 0) is 5.41 Å². The Balaban J connectivity index is 1.44. The van der Waals surface area contributed by atoms with E-state index in [-0.39, 0.29) is 0 Å². The summed E-state index contributed by atoms with van der Waals surface area (Å²) in [4.78, 5) is 0. The van der Waals surface area contributed by atoms with Crippen molar-refractivity contribution in [2.75, 3.05) is 0 Å². The predicted octanol–water partition coefficient (Wildman–Crippen LogP) is 10.8. The fourth-order valence-corrected chi connectivity index (χ4v) is 7.36. The molecule has 0 bridgehead atoms. The Bertz CT molecular complexity index is 2110. The molecule has 0 N–H and O–H groups in total. The Morgan fingerprint density at radius 3 is 1.66 bits per heavy atom. The van der Waals surface area contributed by atoms with Crippen LogP contribution in [0.1, 0.15) is 22.3 Å². The highest BCUT2D eigenvalue weighted by Gasteiger charge is 2.51. The Hall–Kier alpha value is -4.85. The average molecular weight is 543 g/mol. The summed E-state index contributed by atoms with van der Waals surface area (Å²) in [6.07, 6.45) is 0. The fourth-order valence-electron chi connectivity index (χ4n) is 7.23. The first-order chi connectivity index (χ1) is 20.2. The van der Waals surface area contributed by atoms with Crippen LogP contribution in [0.4, 0.5) is 0 Å². The lowest BCUT2D eigenvalue weighted by molar-refractivity contribution is 0.447. The molecular formula is C39H23ClO. The molecule has 7 aromatic rings. The van der Waals surface area contributed by atoms with E-state index in [1.54, 1.807) is 0 Å². The number of hydrogen-bond acceptors (Lipinski definition) is 1. The zero-order valence-electron chi connectivity index (χ0n) is 22.1. The largest absolute Gasteiger partial charge is 0.455 e. The van der Waals surface area contributed by atoms with Crippen LogP contribution in [0.5, 0.6) is 11.5 Å². The molecular weight excluding hydrogens is 520 g/mol. The molecule has 0 saturated heterocycles. The third-order valence-electron chi connectivity index (χ3n) is 8.99. The number of halogens is 1. The van der Waals surface area contributed by atoms with Crippen LogP contribution < -0.4 is 4.74 Å². The highest BCUT2D eigenvalue weighted by atomic mass is 35.5. The van der Waals surface area contributed by atoms with E-state index in [1.165, 1.54) is 49.7 Å². The first-order valence-electron chi connectivity index (χ1n) is 14.0. The molecule has 9 rings (SSSR count). The molecule has 0 radical (unpaired) electrons. The summed E-state index contributed by atoms with van der Waals surface area (Å²) in [7, 11) is 0. The van der Waals surface area contributed by atoms with Gasteiger partial charge in [-0.15, -0.1) is 0 Å². The van der Waals surface area contributed by atoms with Crippen LogP contribution >= 0.6 is 11.6 Å². The van der Waals surface area contributed by atoms with Crippen LogP contribution in [0.2, 0.25) is 5.02 Å². The third kappa shape index (κ3) is 3.02. The Kier molecular flexibility index (Phi) is 4.66. The fraction of sp³-hybridized carbons (Fsp3) is 0.0256. The molecule has 0 unspecified atom stereocenters. The lowest BCUT2D eigenvalue weighted by Gasteiger charge is -2.40. The van der Waals surface area contributed by atoms with Crippen molar-refractivity contribution in [1.82, 2.24) is 0 Å². The molecule has 1 spiro atoms. The highest BCUT2D eigenvalue weighted by molar-refractivity contribution is 6.30. The first kappa shape index (κ1) is 22.9. The summed E-state index contributed by atoms with van der Waals surface area (Å²) in [5.74, 6) is 1.88. The molecule has 1 nitrogen and oxygen atoms in total. The summed E-state index contributed by atoms with van der Waals surface area (Å²) in [6.45, 7) is 0. The molecule has 0 fully saturated rings. The van der Waals surface area contributed by atoms with Gasteiger partial charge in [-0.3, -0.25) is 0 Å². The molecule has 0 saturated carbocycles. The highest BCUT2D eigenvalue weighted by Crippen LogP contribution is 2.64. The topological polar surface area (TPSA) is 9.23 Å². The van der Waals surface area contributed by atoms with E-state index >= 15 is 0 Å². The molecule has 2 heteroatoms. The standard InChI is InChI=1S/C39H23ClO/c40-28-18-13-24(14-19-28)27-17-20-34-32(23-27)31-11-5-6-12-33(31)39(34)35-21-15-25-7-1-3-9-29(25)37(35)41-38-30-10-4-2-8-26(30)16-22-36(38)39/h1-23H. The van der Waals surface area contributed by atoms with E-state index in [0.29, 0.717) is 0 Å². The summed E-state index contributed by atoms with van der Waals surface area (Å²) in [5.41, 5.74) is 9.28. The van der Waals surface area contributed by atoms with Gasteiger partial charge >= 0.3 is 0 Å². The van der Waals surface area contributed by atoms with E-state index in [2.05, 4.69) is 127 Å². The zero-order chi connectivity index (χ0) is 27.1. The van der Waals surface area contributed by atoms with Crippen LogP contribution in [0.15, 0.2) is 140 Å². The van der Waals surface area contributed by atoms with Crippen molar-refractivity contribution in [3.05, 3.63) is 167 Å². The van der Waals surface area contributed by atoms with Gasteiger partial charge in [-0.1, -0.05) is 133 Å². The predicted molar refractivity (Wildman–Crippen MR) is 169 cm³/mol. The van der Waals surface area contributed by atoms with Gasteiger partial charge < -0.3 is 4.74 Å². The normalized spacial score (nSPS) is 13.9. The van der Waals surface area contributed by atoms with Crippen molar-refractivity contribution in [2.45, 2.75) is 5.41 Å². The molecule has 41 heavy (non-hydrogen) atoms. The lowest BCUT2D eigenvalue weighted by Crippen LogP contribution is -2.32. The Labute approximate surface area is 243 Å². The van der Waals surface area contributed by atoms with Gasteiger partial charge in [0.2, 0.25) is 0 Å². The molecule has 0 aromatic heterocycles. The van der Waals surface area contributed by atoms with Gasteiger partial charge in [0.05, 0.1) is 5.41 Å². The summed E-state index contributed by atoms with van der Waals surface area (Å²) >= 11 is 6.22. The molecule has 1 aliphatic carbocycles. The molecule has 1 aliphatic heterocycles. The number of fused-ring (bicyclic) bond motifs is 13. The Morgan fingerprint density at radius 1 is 0.439 bits per heavy atom. The molecule has 0 atom stereocenters. The van der Waals surface area contributed by atoms with Crippen LogP contribution in [-0.4, -0.2) is 0 Å². The van der Waals surface area contributed by atoms with Crippen molar-refractivity contribution in [3.63, 3.8) is 0 Å². The number of rotatable bonds is 1. The van der Waals surface area contributed by atoms with E-state index in [9.17, 15) is 0 Å². The number of hydrogen-bond donors (Lipinski definition) is 0. The number of ether oxygens (including phenoxy) is 1. The smallest absolute Gasteiger partial charge is 0.140 e. The molecule has 2 aliphatic rings. The minimum absolute atomic E-state index is 0.512. The van der Waals surface area contributed by atoms with Crippen LogP contribution in [0, 0.1) is 0 Å². The minimum atomic E-state index is -0.512. The summed E-state index contributed by atoms with van der Waals surface area (Å²) in [5, 5.41) is 5.36. The van der Waals surface area contributed by atoms with E-state index in [0.717, 1.165) is 32.9 Å². The van der Waals surface area contributed by atoms with Gasteiger partial charge in [0.1, 0.15) is 11.5 Å². The van der Waals surface area contributed by atoms with Gasteiger partial charge in [-0.25, -0.2) is 0 Å². The van der Waals surface area contributed by atoms with Gasteiger partial charge in [-0.2, -0.15) is 0 Å². The number of benzene rings is 7.